The summed E-state index contributed by atoms with van der Waals surface area (Å²) in [5.74, 6) is 0.201. The molecule has 0 unspecified atom stereocenters. The minimum absolute atomic E-state index is 0.0551. The number of rotatable bonds is 4. The van der Waals surface area contributed by atoms with E-state index >= 15 is 0 Å². The number of halogens is 1. The average Bonchev–Trinajstić information content (AvgIpc) is 2.54. The van der Waals surface area contributed by atoms with Crippen LogP contribution >= 0.6 is 15.9 Å². The summed E-state index contributed by atoms with van der Waals surface area (Å²) >= 11 is 3.36. The van der Waals surface area contributed by atoms with Gasteiger partial charge in [0.2, 0.25) is 5.91 Å². The normalized spacial score (nSPS) is 15.2. The Balaban J connectivity index is 1.79. The lowest BCUT2D eigenvalue weighted by Crippen LogP contribution is -2.41. The Hall–Kier alpha value is -1.87. The first-order valence-corrected chi connectivity index (χ1v) is 8.08. The zero-order valence-electron chi connectivity index (χ0n) is 12.2. The van der Waals surface area contributed by atoms with Crippen LogP contribution in [0.25, 0.3) is 0 Å². The molecule has 0 atom stereocenters. The van der Waals surface area contributed by atoms with Gasteiger partial charge in [-0.25, -0.2) is 0 Å². The molecule has 1 aromatic rings. The fraction of sp³-hybridized carbons (Fsp3) is 0.438. The smallest absolute Gasteiger partial charge is 0.253 e. The first-order chi connectivity index (χ1) is 10.6. The maximum Gasteiger partial charge on any atom is 0.253 e. The maximum absolute atomic E-state index is 12.4. The van der Waals surface area contributed by atoms with Crippen molar-refractivity contribution in [2.75, 3.05) is 19.6 Å². The Labute approximate surface area is 138 Å². The second-order valence-corrected chi connectivity index (χ2v) is 6.30. The van der Waals surface area contributed by atoms with E-state index in [0.29, 0.717) is 31.1 Å². The highest BCUT2D eigenvalue weighted by Crippen LogP contribution is 2.19. The minimum atomic E-state index is -0.226. The van der Waals surface area contributed by atoms with E-state index in [0.717, 1.165) is 17.3 Å². The zero-order valence-corrected chi connectivity index (χ0v) is 13.8. The number of carbonyl (C=O) groups excluding carboxylic acids is 2. The summed E-state index contributed by atoms with van der Waals surface area (Å²) in [6, 6.07) is 9.20. The second-order valence-electron chi connectivity index (χ2n) is 5.38. The Morgan fingerprint density at radius 2 is 1.91 bits per heavy atom. The molecule has 1 saturated heterocycles. The van der Waals surface area contributed by atoms with Crippen molar-refractivity contribution in [1.82, 2.24) is 10.2 Å². The van der Waals surface area contributed by atoms with E-state index in [9.17, 15) is 9.59 Å². The molecule has 0 radical (unpaired) electrons. The molecule has 0 bridgehead atoms. The molecule has 0 aromatic heterocycles. The number of amides is 2. The van der Waals surface area contributed by atoms with Crippen molar-refractivity contribution in [2.24, 2.45) is 5.92 Å². The highest BCUT2D eigenvalue weighted by atomic mass is 79.9. The van der Waals surface area contributed by atoms with Gasteiger partial charge >= 0.3 is 0 Å². The summed E-state index contributed by atoms with van der Waals surface area (Å²) in [4.78, 5) is 25.5. The van der Waals surface area contributed by atoms with Crippen molar-refractivity contribution in [2.45, 2.75) is 19.3 Å². The van der Waals surface area contributed by atoms with Gasteiger partial charge in [-0.3, -0.25) is 9.59 Å². The quantitative estimate of drug-likeness (QED) is 0.891. The van der Waals surface area contributed by atoms with Crippen LogP contribution in [0.15, 0.2) is 28.7 Å². The molecule has 1 fully saturated rings. The number of nitrogens with one attached hydrogen (secondary N) is 1. The summed E-state index contributed by atoms with van der Waals surface area (Å²) < 4.78 is 0.955. The average molecular weight is 364 g/mol. The lowest BCUT2D eigenvalue weighted by molar-refractivity contribution is -0.120. The number of hydrogen-bond donors (Lipinski definition) is 1. The molecular formula is C16H18BrN3O2. The lowest BCUT2D eigenvalue weighted by Gasteiger charge is -2.32. The maximum atomic E-state index is 12.4. The van der Waals surface area contributed by atoms with Crippen molar-refractivity contribution >= 4 is 27.7 Å². The molecule has 1 aromatic carbocycles. The van der Waals surface area contributed by atoms with Crippen LogP contribution in [-0.2, 0) is 4.79 Å². The third-order valence-corrected chi connectivity index (χ3v) is 4.35. The van der Waals surface area contributed by atoms with Crippen LogP contribution in [0.2, 0.25) is 0 Å². The van der Waals surface area contributed by atoms with Crippen LogP contribution in [0.4, 0.5) is 0 Å². The summed E-state index contributed by atoms with van der Waals surface area (Å²) in [5, 5.41) is 11.2. The molecule has 6 heteroatoms. The Bertz CT molecular complexity index is 572. The van der Waals surface area contributed by atoms with Crippen LogP contribution < -0.4 is 5.32 Å². The van der Waals surface area contributed by atoms with E-state index in [1.165, 1.54) is 0 Å². The molecule has 1 N–H and O–H groups in total. The minimum Gasteiger partial charge on any atom is -0.355 e. The molecule has 2 rings (SSSR count). The van der Waals surface area contributed by atoms with Crippen LogP contribution in [0.1, 0.15) is 29.6 Å². The molecular weight excluding hydrogens is 346 g/mol. The number of likely N-dealkylation sites (tertiary alicyclic amines) is 1. The van der Waals surface area contributed by atoms with Crippen molar-refractivity contribution in [1.29, 1.82) is 5.26 Å². The third-order valence-electron chi connectivity index (χ3n) is 3.82. The van der Waals surface area contributed by atoms with Crippen molar-refractivity contribution in [3.8, 4) is 6.07 Å². The molecule has 22 heavy (non-hydrogen) atoms. The van der Waals surface area contributed by atoms with E-state index in [1.807, 2.05) is 35.2 Å². The van der Waals surface area contributed by atoms with Gasteiger partial charge in [-0.1, -0.05) is 15.9 Å². The third kappa shape index (κ3) is 4.57. The molecule has 0 spiro atoms. The van der Waals surface area contributed by atoms with Crippen LogP contribution in [0.5, 0.6) is 0 Å². The molecule has 1 aliphatic rings. The second kappa shape index (κ2) is 7.95. The SMILES string of the molecule is N#CCC(=O)NCC1CCN(C(=O)c2ccc(Br)cc2)CC1. The fourth-order valence-corrected chi connectivity index (χ4v) is 2.77. The van der Waals surface area contributed by atoms with E-state index in [2.05, 4.69) is 21.2 Å². The number of carbonyl (C=O) groups is 2. The predicted octanol–water partition coefficient (Wildman–Crippen LogP) is 2.33. The number of benzene rings is 1. The van der Waals surface area contributed by atoms with Crippen LogP contribution in [0.3, 0.4) is 0 Å². The van der Waals surface area contributed by atoms with Gasteiger partial charge in [0.15, 0.2) is 0 Å². The molecule has 5 nitrogen and oxygen atoms in total. The molecule has 1 aliphatic heterocycles. The van der Waals surface area contributed by atoms with Gasteiger partial charge in [0, 0.05) is 29.7 Å². The summed E-state index contributed by atoms with van der Waals surface area (Å²) in [7, 11) is 0. The van der Waals surface area contributed by atoms with Crippen molar-refractivity contribution < 1.29 is 9.59 Å². The first kappa shape index (κ1) is 16.5. The summed E-state index contributed by atoms with van der Waals surface area (Å²) in [6.45, 7) is 1.99. The molecule has 2 amide bonds. The van der Waals surface area contributed by atoms with Gasteiger partial charge in [-0.15, -0.1) is 0 Å². The van der Waals surface area contributed by atoms with Gasteiger partial charge in [-0.05, 0) is 43.0 Å². The highest BCUT2D eigenvalue weighted by molar-refractivity contribution is 9.10. The van der Waals surface area contributed by atoms with Crippen LogP contribution in [-0.4, -0.2) is 36.3 Å². The van der Waals surface area contributed by atoms with E-state index in [1.54, 1.807) is 0 Å². The number of piperidine rings is 1. The van der Waals surface area contributed by atoms with Crippen LogP contribution in [0, 0.1) is 17.2 Å². The Kier molecular flexibility index (Phi) is 5.96. The Morgan fingerprint density at radius 1 is 1.27 bits per heavy atom. The lowest BCUT2D eigenvalue weighted by atomic mass is 9.96. The monoisotopic (exact) mass is 363 g/mol. The molecule has 0 aliphatic carbocycles. The molecule has 116 valence electrons. The summed E-state index contributed by atoms with van der Waals surface area (Å²) in [6.07, 6.45) is 1.64. The van der Waals surface area contributed by atoms with E-state index < -0.39 is 0 Å². The van der Waals surface area contributed by atoms with E-state index in [4.69, 9.17) is 5.26 Å². The Morgan fingerprint density at radius 3 is 2.50 bits per heavy atom. The standard InChI is InChI=1S/C16H18BrN3O2/c17-14-3-1-13(2-4-14)16(22)20-9-6-12(7-10-20)11-19-15(21)5-8-18/h1-4,12H,5-7,9-11H2,(H,19,21). The number of hydrogen-bond acceptors (Lipinski definition) is 3. The zero-order chi connectivity index (χ0) is 15.9. The number of nitriles is 1. The van der Waals surface area contributed by atoms with Gasteiger partial charge in [0.25, 0.3) is 5.91 Å². The largest absolute Gasteiger partial charge is 0.355 e. The highest BCUT2D eigenvalue weighted by Gasteiger charge is 2.23. The van der Waals surface area contributed by atoms with E-state index in [-0.39, 0.29) is 18.2 Å². The van der Waals surface area contributed by atoms with Gasteiger partial charge in [0.1, 0.15) is 6.42 Å². The topological polar surface area (TPSA) is 73.2 Å². The predicted molar refractivity (Wildman–Crippen MR) is 86.0 cm³/mol. The van der Waals surface area contributed by atoms with Gasteiger partial charge < -0.3 is 10.2 Å². The van der Waals surface area contributed by atoms with Crippen molar-refractivity contribution in [3.05, 3.63) is 34.3 Å². The number of nitrogens with zero attached hydrogens (tertiary/aromatic N) is 2. The summed E-state index contributed by atoms with van der Waals surface area (Å²) in [5.41, 5.74) is 0.698. The van der Waals surface area contributed by atoms with Gasteiger partial charge in [-0.2, -0.15) is 5.26 Å². The molecule has 1 heterocycles. The molecule has 0 saturated carbocycles. The first-order valence-electron chi connectivity index (χ1n) is 7.28. The fourth-order valence-electron chi connectivity index (χ4n) is 2.51. The van der Waals surface area contributed by atoms with Crippen molar-refractivity contribution in [3.63, 3.8) is 0 Å². The van der Waals surface area contributed by atoms with Gasteiger partial charge in [0.05, 0.1) is 6.07 Å².